The highest BCUT2D eigenvalue weighted by atomic mass is 35.5. The van der Waals surface area contributed by atoms with Crippen molar-refractivity contribution in [3.8, 4) is 0 Å². The summed E-state index contributed by atoms with van der Waals surface area (Å²) >= 11 is 6.11. The second-order valence-corrected chi connectivity index (χ2v) is 6.20. The summed E-state index contributed by atoms with van der Waals surface area (Å²) in [6, 6.07) is 7.11. The Labute approximate surface area is 119 Å². The van der Waals surface area contributed by atoms with E-state index in [1.807, 2.05) is 0 Å². The third-order valence-corrected chi connectivity index (χ3v) is 4.63. The highest BCUT2D eigenvalue weighted by Gasteiger charge is 2.23. The largest absolute Gasteiger partial charge is 0.324 e. The van der Waals surface area contributed by atoms with Gasteiger partial charge in [-0.3, -0.25) is 0 Å². The maximum Gasteiger partial charge on any atom is 0.125 e. The molecule has 102 valence electrons. The predicted octanol–water partition coefficient (Wildman–Crippen LogP) is 4.83. The molecule has 0 amide bonds. The number of fused-ring (bicyclic) bond motifs is 1. The van der Waals surface area contributed by atoms with Crippen LogP contribution in [-0.2, 0) is 5.88 Å². The fourth-order valence-corrected chi connectivity index (χ4v) is 3.45. The first-order chi connectivity index (χ1) is 9.19. The van der Waals surface area contributed by atoms with Crippen LogP contribution in [0.4, 0.5) is 0 Å². The second kappa shape index (κ2) is 5.16. The number of imidazole rings is 1. The van der Waals surface area contributed by atoms with E-state index in [1.54, 1.807) is 0 Å². The van der Waals surface area contributed by atoms with Crippen LogP contribution in [0.2, 0.25) is 0 Å². The maximum absolute atomic E-state index is 6.11. The van der Waals surface area contributed by atoms with Crippen LogP contribution in [0.15, 0.2) is 18.2 Å². The Morgan fingerprint density at radius 2 is 2.00 bits per heavy atom. The van der Waals surface area contributed by atoms with Gasteiger partial charge < -0.3 is 4.57 Å². The molecule has 0 aliphatic heterocycles. The van der Waals surface area contributed by atoms with Gasteiger partial charge in [0.25, 0.3) is 0 Å². The van der Waals surface area contributed by atoms with Gasteiger partial charge >= 0.3 is 0 Å². The fourth-order valence-electron chi connectivity index (χ4n) is 3.26. The van der Waals surface area contributed by atoms with E-state index in [2.05, 4.69) is 36.6 Å². The fraction of sp³-hybridized carbons (Fsp3) is 0.562. The van der Waals surface area contributed by atoms with E-state index >= 15 is 0 Å². The molecule has 0 saturated heterocycles. The zero-order valence-corrected chi connectivity index (χ0v) is 12.5. The Balaban J connectivity index is 2.05. The molecule has 3 heteroatoms. The molecule has 3 rings (SSSR count). The zero-order valence-electron chi connectivity index (χ0n) is 11.7. The van der Waals surface area contributed by atoms with Crippen molar-refractivity contribution in [1.82, 2.24) is 9.55 Å². The molecule has 2 aromatic rings. The summed E-state index contributed by atoms with van der Waals surface area (Å²) < 4.78 is 2.40. The maximum atomic E-state index is 6.11. The molecule has 1 aromatic carbocycles. The number of hydrogen-bond acceptors (Lipinski definition) is 1. The van der Waals surface area contributed by atoms with Gasteiger partial charge in [-0.15, -0.1) is 11.6 Å². The van der Waals surface area contributed by atoms with E-state index in [0.29, 0.717) is 11.9 Å². The lowest BCUT2D eigenvalue weighted by atomic mass is 9.87. The molecular weight excluding hydrogens is 256 g/mol. The van der Waals surface area contributed by atoms with E-state index in [1.165, 1.54) is 36.8 Å². The Kier molecular flexibility index (Phi) is 3.53. The number of alkyl halides is 1. The van der Waals surface area contributed by atoms with Gasteiger partial charge in [0.15, 0.2) is 0 Å². The molecule has 0 radical (unpaired) electrons. The van der Waals surface area contributed by atoms with Crippen LogP contribution < -0.4 is 0 Å². The van der Waals surface area contributed by atoms with Gasteiger partial charge in [0.1, 0.15) is 5.82 Å². The van der Waals surface area contributed by atoms with Gasteiger partial charge in [0.2, 0.25) is 0 Å². The van der Waals surface area contributed by atoms with E-state index in [0.717, 1.165) is 17.3 Å². The van der Waals surface area contributed by atoms with Crippen molar-refractivity contribution in [2.75, 3.05) is 0 Å². The highest BCUT2D eigenvalue weighted by Crippen LogP contribution is 2.35. The zero-order chi connectivity index (χ0) is 13.4. The third-order valence-electron chi connectivity index (χ3n) is 4.39. The van der Waals surface area contributed by atoms with E-state index in [4.69, 9.17) is 16.6 Å². The number of benzene rings is 1. The summed E-state index contributed by atoms with van der Waals surface area (Å²) in [4.78, 5) is 4.72. The van der Waals surface area contributed by atoms with Gasteiger partial charge in [-0.25, -0.2) is 4.98 Å². The smallest absolute Gasteiger partial charge is 0.125 e. The van der Waals surface area contributed by atoms with Gasteiger partial charge in [0.05, 0.1) is 16.9 Å². The van der Waals surface area contributed by atoms with Gasteiger partial charge in [-0.2, -0.15) is 0 Å². The number of hydrogen-bond donors (Lipinski definition) is 0. The lowest BCUT2D eigenvalue weighted by molar-refractivity contribution is 0.290. The van der Waals surface area contributed by atoms with Crippen molar-refractivity contribution in [1.29, 1.82) is 0 Å². The summed E-state index contributed by atoms with van der Waals surface area (Å²) in [7, 11) is 0. The lowest BCUT2D eigenvalue weighted by Crippen LogP contribution is -2.18. The van der Waals surface area contributed by atoms with E-state index < -0.39 is 0 Å². The lowest BCUT2D eigenvalue weighted by Gasteiger charge is -2.28. The van der Waals surface area contributed by atoms with Crippen molar-refractivity contribution in [2.24, 2.45) is 5.92 Å². The van der Waals surface area contributed by atoms with Crippen LogP contribution in [-0.4, -0.2) is 9.55 Å². The minimum absolute atomic E-state index is 0.500. The Morgan fingerprint density at radius 1 is 1.26 bits per heavy atom. The van der Waals surface area contributed by atoms with Crippen LogP contribution in [0.1, 0.15) is 50.0 Å². The summed E-state index contributed by atoms with van der Waals surface area (Å²) in [5, 5.41) is 0. The van der Waals surface area contributed by atoms with E-state index in [-0.39, 0.29) is 0 Å². The Bertz CT molecular complexity index is 580. The normalized spacial score (nSPS) is 23.9. The van der Waals surface area contributed by atoms with Crippen molar-refractivity contribution in [2.45, 2.75) is 51.5 Å². The highest BCUT2D eigenvalue weighted by molar-refractivity contribution is 6.16. The average molecular weight is 277 g/mol. The molecular formula is C16H21ClN2. The molecule has 0 N–H and O–H groups in total. The summed E-state index contributed by atoms with van der Waals surface area (Å²) in [6.45, 7) is 4.47. The molecule has 19 heavy (non-hydrogen) atoms. The van der Waals surface area contributed by atoms with Gasteiger partial charge in [-0.05, 0) is 56.2 Å². The monoisotopic (exact) mass is 276 g/mol. The standard InChI is InChI=1S/C16H21ClN2/c1-11-3-6-13(7-4-11)19-15-8-5-12(2)9-14(15)18-16(19)10-17/h5,8-9,11,13H,3-4,6-7,10H2,1-2H3. The minimum Gasteiger partial charge on any atom is -0.324 e. The van der Waals surface area contributed by atoms with Crippen molar-refractivity contribution < 1.29 is 0 Å². The number of nitrogens with zero attached hydrogens (tertiary/aromatic N) is 2. The van der Waals surface area contributed by atoms with Crippen molar-refractivity contribution in [3.05, 3.63) is 29.6 Å². The van der Waals surface area contributed by atoms with Crippen LogP contribution in [0.25, 0.3) is 11.0 Å². The summed E-state index contributed by atoms with van der Waals surface area (Å²) in [5.74, 6) is 2.40. The molecule has 1 aliphatic carbocycles. The SMILES string of the molecule is Cc1ccc2c(c1)nc(CCl)n2C1CCC(C)CC1. The molecule has 0 unspecified atom stereocenters. The van der Waals surface area contributed by atoms with Gasteiger partial charge in [-0.1, -0.05) is 13.0 Å². The topological polar surface area (TPSA) is 17.8 Å². The number of halogens is 1. The molecule has 0 spiro atoms. The molecule has 1 saturated carbocycles. The van der Waals surface area contributed by atoms with E-state index in [9.17, 15) is 0 Å². The average Bonchev–Trinajstić information content (AvgIpc) is 2.77. The molecule has 1 aliphatic rings. The van der Waals surface area contributed by atoms with Crippen LogP contribution in [0.5, 0.6) is 0 Å². The number of aryl methyl sites for hydroxylation is 1. The quantitative estimate of drug-likeness (QED) is 0.718. The molecule has 1 heterocycles. The Hall–Kier alpha value is -1.02. The molecule has 1 fully saturated rings. The predicted molar refractivity (Wildman–Crippen MR) is 80.7 cm³/mol. The number of rotatable bonds is 2. The molecule has 0 atom stereocenters. The van der Waals surface area contributed by atoms with Crippen LogP contribution >= 0.6 is 11.6 Å². The van der Waals surface area contributed by atoms with Gasteiger partial charge in [0, 0.05) is 6.04 Å². The molecule has 0 bridgehead atoms. The third kappa shape index (κ3) is 2.38. The number of aromatic nitrogens is 2. The minimum atomic E-state index is 0.500. The summed E-state index contributed by atoms with van der Waals surface area (Å²) in [5.41, 5.74) is 3.60. The van der Waals surface area contributed by atoms with Crippen molar-refractivity contribution in [3.63, 3.8) is 0 Å². The first kappa shape index (κ1) is 13.0. The van der Waals surface area contributed by atoms with Crippen molar-refractivity contribution >= 4 is 22.6 Å². The van der Waals surface area contributed by atoms with Crippen LogP contribution in [0, 0.1) is 12.8 Å². The summed E-state index contributed by atoms with van der Waals surface area (Å²) in [6.07, 6.45) is 5.14. The molecule has 2 nitrogen and oxygen atoms in total. The first-order valence-electron chi connectivity index (χ1n) is 7.22. The second-order valence-electron chi connectivity index (χ2n) is 5.94. The first-order valence-corrected chi connectivity index (χ1v) is 7.76. The van der Waals surface area contributed by atoms with Crippen LogP contribution in [0.3, 0.4) is 0 Å². The Morgan fingerprint density at radius 3 is 2.68 bits per heavy atom. The molecule has 1 aromatic heterocycles.